The molecule has 1 N–H and O–H groups in total. The highest BCUT2D eigenvalue weighted by Gasteiger charge is 2.40. The Morgan fingerprint density at radius 2 is 1.73 bits per heavy atom. The standard InChI is InChI=1S/C5H5Cl4NO/c6-1-2(7)4(8)10-5(9)3(1)11/h1-2,4-5,10H. The molecule has 1 aliphatic heterocycles. The number of ketones is 1. The Labute approximate surface area is 84.1 Å². The lowest BCUT2D eigenvalue weighted by Gasteiger charge is -2.29. The average molecular weight is 237 g/mol. The summed E-state index contributed by atoms with van der Waals surface area (Å²) in [6, 6.07) is 0. The molecule has 0 amide bonds. The Kier molecular flexibility index (Phi) is 3.29. The first-order valence-electron chi connectivity index (χ1n) is 2.90. The monoisotopic (exact) mass is 235 g/mol. The van der Waals surface area contributed by atoms with Crippen LogP contribution in [0.2, 0.25) is 0 Å². The largest absolute Gasteiger partial charge is 0.295 e. The molecule has 1 saturated heterocycles. The molecular formula is C5H5Cl4NO. The van der Waals surface area contributed by atoms with Crippen molar-refractivity contribution in [3.63, 3.8) is 0 Å². The van der Waals surface area contributed by atoms with E-state index in [2.05, 4.69) is 5.32 Å². The lowest BCUT2D eigenvalue weighted by Crippen LogP contribution is -2.54. The molecule has 6 heteroatoms. The zero-order valence-corrected chi connectivity index (χ0v) is 8.25. The minimum absolute atomic E-state index is 0.328. The Hall–Kier alpha value is 0.790. The molecule has 0 aliphatic carbocycles. The van der Waals surface area contributed by atoms with Crippen LogP contribution in [0.5, 0.6) is 0 Å². The van der Waals surface area contributed by atoms with Crippen molar-refractivity contribution in [2.45, 2.75) is 21.8 Å². The molecule has 0 aromatic carbocycles. The van der Waals surface area contributed by atoms with Crippen LogP contribution < -0.4 is 5.32 Å². The number of alkyl halides is 4. The number of hydrogen-bond donors (Lipinski definition) is 1. The fourth-order valence-electron chi connectivity index (χ4n) is 0.759. The molecule has 0 aromatic rings. The Balaban J connectivity index is 2.70. The van der Waals surface area contributed by atoms with Crippen LogP contribution in [-0.2, 0) is 4.79 Å². The van der Waals surface area contributed by atoms with Crippen LogP contribution in [0.15, 0.2) is 0 Å². The highest BCUT2D eigenvalue weighted by atomic mass is 35.5. The van der Waals surface area contributed by atoms with Gasteiger partial charge in [0.1, 0.15) is 16.4 Å². The second-order valence-electron chi connectivity index (χ2n) is 2.18. The molecule has 0 radical (unpaired) electrons. The number of rotatable bonds is 0. The summed E-state index contributed by atoms with van der Waals surface area (Å²) in [5.41, 5.74) is -1.38. The van der Waals surface area contributed by atoms with Gasteiger partial charge in [-0.1, -0.05) is 11.6 Å². The summed E-state index contributed by atoms with van der Waals surface area (Å²) in [6.45, 7) is 0. The normalized spacial score (nSPS) is 46.0. The van der Waals surface area contributed by atoms with Crippen LogP contribution >= 0.6 is 46.4 Å². The maximum atomic E-state index is 11.0. The van der Waals surface area contributed by atoms with E-state index in [4.69, 9.17) is 46.4 Å². The predicted octanol–water partition coefficient (Wildman–Crippen LogP) is 1.50. The summed E-state index contributed by atoms with van der Waals surface area (Å²) in [5, 5.41) is 1.16. The SMILES string of the molecule is O=C1C(Cl)NC(Cl)C(Cl)C1Cl. The van der Waals surface area contributed by atoms with E-state index in [1.807, 2.05) is 0 Å². The minimum atomic E-state index is -0.824. The zero-order chi connectivity index (χ0) is 8.59. The fraction of sp³-hybridized carbons (Fsp3) is 0.800. The van der Waals surface area contributed by atoms with Gasteiger partial charge in [-0.2, -0.15) is 0 Å². The molecule has 64 valence electrons. The Bertz CT molecular complexity index is 176. The van der Waals surface area contributed by atoms with E-state index >= 15 is 0 Å². The van der Waals surface area contributed by atoms with E-state index in [1.54, 1.807) is 0 Å². The third-order valence-corrected chi connectivity index (χ3v) is 3.37. The van der Waals surface area contributed by atoms with Gasteiger partial charge in [-0.15, -0.1) is 34.8 Å². The van der Waals surface area contributed by atoms with Gasteiger partial charge in [0.2, 0.25) is 0 Å². The van der Waals surface area contributed by atoms with Gasteiger partial charge in [0.05, 0.1) is 5.38 Å². The van der Waals surface area contributed by atoms with Crippen molar-refractivity contribution in [3.8, 4) is 0 Å². The average Bonchev–Trinajstić information content (AvgIpc) is 1.97. The first-order valence-corrected chi connectivity index (χ1v) is 4.64. The predicted molar refractivity (Wildman–Crippen MR) is 46.7 cm³/mol. The molecule has 2 nitrogen and oxygen atoms in total. The summed E-state index contributed by atoms with van der Waals surface area (Å²) in [5.74, 6) is -0.328. The fourth-order valence-corrected chi connectivity index (χ4v) is 1.97. The summed E-state index contributed by atoms with van der Waals surface area (Å²) < 4.78 is 0. The van der Waals surface area contributed by atoms with Gasteiger partial charge < -0.3 is 0 Å². The van der Waals surface area contributed by atoms with E-state index in [-0.39, 0.29) is 5.78 Å². The summed E-state index contributed by atoms with van der Waals surface area (Å²) in [4.78, 5) is 11.0. The van der Waals surface area contributed by atoms with Gasteiger partial charge in [-0.05, 0) is 0 Å². The number of nitrogens with one attached hydrogen (secondary N) is 1. The van der Waals surface area contributed by atoms with Gasteiger partial charge in [-0.25, -0.2) is 0 Å². The van der Waals surface area contributed by atoms with Crippen molar-refractivity contribution in [1.82, 2.24) is 5.32 Å². The second kappa shape index (κ2) is 3.67. The lowest BCUT2D eigenvalue weighted by molar-refractivity contribution is -0.120. The van der Waals surface area contributed by atoms with E-state index < -0.39 is 21.8 Å². The summed E-state index contributed by atoms with van der Waals surface area (Å²) in [7, 11) is 0. The maximum Gasteiger partial charge on any atom is 0.184 e. The van der Waals surface area contributed by atoms with Crippen molar-refractivity contribution in [2.75, 3.05) is 0 Å². The van der Waals surface area contributed by atoms with Crippen LogP contribution in [0.1, 0.15) is 0 Å². The van der Waals surface area contributed by atoms with Gasteiger partial charge in [0, 0.05) is 0 Å². The number of carbonyl (C=O) groups excluding carboxylic acids is 1. The van der Waals surface area contributed by atoms with Crippen molar-refractivity contribution in [2.24, 2.45) is 0 Å². The van der Waals surface area contributed by atoms with Gasteiger partial charge in [0.15, 0.2) is 5.78 Å². The lowest BCUT2D eigenvalue weighted by atomic mass is 10.1. The van der Waals surface area contributed by atoms with Crippen LogP contribution in [0.3, 0.4) is 0 Å². The summed E-state index contributed by atoms with van der Waals surface area (Å²) in [6.07, 6.45) is 0. The van der Waals surface area contributed by atoms with Crippen molar-refractivity contribution < 1.29 is 4.79 Å². The first kappa shape index (κ1) is 9.87. The minimum Gasteiger partial charge on any atom is -0.295 e. The Morgan fingerprint density at radius 3 is 2.27 bits per heavy atom. The molecule has 1 fully saturated rings. The van der Waals surface area contributed by atoms with E-state index in [0.717, 1.165) is 0 Å². The first-order chi connectivity index (χ1) is 5.04. The molecule has 0 aromatic heterocycles. The number of piperidine rings is 1. The molecule has 0 saturated carbocycles. The summed E-state index contributed by atoms with van der Waals surface area (Å²) >= 11 is 22.5. The molecule has 11 heavy (non-hydrogen) atoms. The molecule has 1 heterocycles. The van der Waals surface area contributed by atoms with Crippen molar-refractivity contribution in [1.29, 1.82) is 0 Å². The topological polar surface area (TPSA) is 29.1 Å². The smallest absolute Gasteiger partial charge is 0.184 e. The van der Waals surface area contributed by atoms with Gasteiger partial charge in [0.25, 0.3) is 0 Å². The molecule has 4 unspecified atom stereocenters. The molecule has 0 bridgehead atoms. The molecule has 1 aliphatic rings. The number of carbonyl (C=O) groups is 1. The number of Topliss-reactive ketones (excluding diaryl/α,β-unsaturated/α-hetero) is 1. The molecule has 4 atom stereocenters. The molecule has 0 spiro atoms. The highest BCUT2D eigenvalue weighted by Crippen LogP contribution is 2.24. The van der Waals surface area contributed by atoms with Crippen LogP contribution in [0, 0.1) is 0 Å². The third-order valence-electron chi connectivity index (χ3n) is 1.39. The van der Waals surface area contributed by atoms with E-state index in [1.165, 1.54) is 0 Å². The van der Waals surface area contributed by atoms with Crippen LogP contribution in [-0.4, -0.2) is 27.5 Å². The quantitative estimate of drug-likeness (QED) is 0.510. The van der Waals surface area contributed by atoms with Crippen LogP contribution in [0.25, 0.3) is 0 Å². The number of halogens is 4. The van der Waals surface area contributed by atoms with Gasteiger partial charge >= 0.3 is 0 Å². The van der Waals surface area contributed by atoms with Gasteiger partial charge in [-0.3, -0.25) is 10.1 Å². The molecular weight excluding hydrogens is 232 g/mol. The molecule has 1 rings (SSSR count). The van der Waals surface area contributed by atoms with E-state index in [9.17, 15) is 4.79 Å². The van der Waals surface area contributed by atoms with E-state index in [0.29, 0.717) is 0 Å². The second-order valence-corrected chi connectivity index (χ2v) is 4.06. The number of hydrogen-bond acceptors (Lipinski definition) is 2. The maximum absolute atomic E-state index is 11.0. The Morgan fingerprint density at radius 1 is 1.18 bits per heavy atom. The van der Waals surface area contributed by atoms with Crippen LogP contribution in [0.4, 0.5) is 0 Å². The van der Waals surface area contributed by atoms with Crippen molar-refractivity contribution in [3.05, 3.63) is 0 Å². The van der Waals surface area contributed by atoms with Crippen molar-refractivity contribution >= 4 is 52.2 Å². The highest BCUT2D eigenvalue weighted by molar-refractivity contribution is 6.46. The zero-order valence-electron chi connectivity index (χ0n) is 5.23. The third kappa shape index (κ3) is 1.93.